The Morgan fingerprint density at radius 3 is 2.14 bits per heavy atom. The molecule has 1 aliphatic heterocycles. The van der Waals surface area contributed by atoms with Gasteiger partial charge in [0.25, 0.3) is 5.91 Å². The monoisotopic (exact) mass is 410 g/mol. The smallest absolute Gasteiger partial charge is 0.258 e. The molecular weight excluding hydrogens is 395 g/mol. The summed E-state index contributed by atoms with van der Waals surface area (Å²) in [5.74, 6) is -0.00973. The number of amides is 1. The minimum atomic E-state index is -0.408. The third-order valence-electron chi connectivity index (χ3n) is 4.25. The van der Waals surface area contributed by atoms with Gasteiger partial charge in [0.1, 0.15) is 5.70 Å². The average molecular weight is 411 g/mol. The SMILES string of the molecule is O=C(NC1=C(c2ccccc2)NC(c2ccccc2)O1)c1cc(Cl)cc(Cl)c1. The van der Waals surface area contributed by atoms with Crippen molar-refractivity contribution in [1.29, 1.82) is 0 Å². The van der Waals surface area contributed by atoms with Gasteiger partial charge in [-0.15, -0.1) is 0 Å². The summed E-state index contributed by atoms with van der Waals surface area (Å²) < 4.78 is 6.04. The molecule has 3 aromatic rings. The van der Waals surface area contributed by atoms with E-state index in [1.807, 2.05) is 60.7 Å². The molecule has 1 aliphatic rings. The second-order valence-electron chi connectivity index (χ2n) is 6.24. The van der Waals surface area contributed by atoms with Crippen molar-refractivity contribution in [2.45, 2.75) is 6.23 Å². The van der Waals surface area contributed by atoms with Crippen LogP contribution in [0.4, 0.5) is 0 Å². The van der Waals surface area contributed by atoms with Crippen LogP contribution < -0.4 is 10.6 Å². The van der Waals surface area contributed by atoms with Crippen LogP contribution in [0.15, 0.2) is 84.7 Å². The van der Waals surface area contributed by atoms with Crippen molar-refractivity contribution >= 4 is 34.8 Å². The summed E-state index contributed by atoms with van der Waals surface area (Å²) in [6.45, 7) is 0. The zero-order valence-electron chi connectivity index (χ0n) is 14.7. The number of rotatable bonds is 4. The van der Waals surface area contributed by atoms with E-state index in [-0.39, 0.29) is 5.91 Å². The van der Waals surface area contributed by atoms with Crippen molar-refractivity contribution < 1.29 is 9.53 Å². The Hall–Kier alpha value is -2.95. The van der Waals surface area contributed by atoms with Crippen LogP contribution in [0, 0.1) is 0 Å². The lowest BCUT2D eigenvalue weighted by Crippen LogP contribution is -2.24. The third-order valence-corrected chi connectivity index (χ3v) is 4.69. The molecule has 1 amide bonds. The fourth-order valence-electron chi connectivity index (χ4n) is 2.95. The molecule has 4 rings (SSSR count). The molecule has 0 aromatic heterocycles. The highest BCUT2D eigenvalue weighted by Crippen LogP contribution is 2.31. The number of nitrogens with one attached hydrogen (secondary N) is 2. The predicted molar refractivity (Wildman–Crippen MR) is 111 cm³/mol. The van der Waals surface area contributed by atoms with E-state index in [9.17, 15) is 4.79 Å². The van der Waals surface area contributed by atoms with Gasteiger partial charge in [0.05, 0.1) is 0 Å². The van der Waals surface area contributed by atoms with E-state index in [1.165, 1.54) is 0 Å². The molecule has 1 heterocycles. The van der Waals surface area contributed by atoms with Gasteiger partial charge >= 0.3 is 0 Å². The number of carbonyl (C=O) groups excluding carboxylic acids is 1. The highest BCUT2D eigenvalue weighted by Gasteiger charge is 2.28. The minimum Gasteiger partial charge on any atom is -0.449 e. The molecule has 1 unspecified atom stereocenters. The molecule has 0 saturated heterocycles. The van der Waals surface area contributed by atoms with Crippen molar-refractivity contribution in [3.05, 3.63) is 111 Å². The molecule has 1 atom stereocenters. The Balaban J connectivity index is 1.65. The minimum absolute atomic E-state index is 0.348. The van der Waals surface area contributed by atoms with Crippen LogP contribution in [0.25, 0.3) is 5.70 Å². The van der Waals surface area contributed by atoms with Crippen molar-refractivity contribution in [3.63, 3.8) is 0 Å². The average Bonchev–Trinajstić information content (AvgIpc) is 3.12. The topological polar surface area (TPSA) is 50.4 Å². The molecule has 6 heteroatoms. The first-order valence-electron chi connectivity index (χ1n) is 8.65. The molecule has 28 heavy (non-hydrogen) atoms. The van der Waals surface area contributed by atoms with Gasteiger partial charge in [-0.25, -0.2) is 0 Å². The summed E-state index contributed by atoms with van der Waals surface area (Å²) >= 11 is 12.0. The second-order valence-corrected chi connectivity index (χ2v) is 7.11. The molecule has 0 spiro atoms. The molecule has 0 aliphatic carbocycles. The Morgan fingerprint density at radius 1 is 0.893 bits per heavy atom. The highest BCUT2D eigenvalue weighted by molar-refractivity contribution is 6.35. The summed E-state index contributed by atoms with van der Waals surface area (Å²) in [5.41, 5.74) is 2.91. The second kappa shape index (κ2) is 7.97. The first kappa shape index (κ1) is 18.4. The molecule has 0 radical (unpaired) electrons. The molecule has 140 valence electrons. The molecule has 0 fully saturated rings. The lowest BCUT2D eigenvalue weighted by atomic mass is 10.1. The Morgan fingerprint density at radius 2 is 1.50 bits per heavy atom. The summed E-state index contributed by atoms with van der Waals surface area (Å²) in [4.78, 5) is 12.8. The van der Waals surface area contributed by atoms with Gasteiger partial charge in [0.2, 0.25) is 5.88 Å². The van der Waals surface area contributed by atoms with Crippen LogP contribution in [0.1, 0.15) is 27.7 Å². The largest absolute Gasteiger partial charge is 0.449 e. The third kappa shape index (κ3) is 3.98. The van der Waals surface area contributed by atoms with E-state index in [0.717, 1.165) is 11.1 Å². The van der Waals surface area contributed by atoms with Crippen LogP contribution in [0.5, 0.6) is 0 Å². The van der Waals surface area contributed by atoms with Gasteiger partial charge in [-0.1, -0.05) is 83.9 Å². The molecule has 3 aromatic carbocycles. The Labute approximate surface area is 172 Å². The molecule has 0 bridgehead atoms. The zero-order valence-corrected chi connectivity index (χ0v) is 16.2. The first-order chi connectivity index (χ1) is 13.6. The van der Waals surface area contributed by atoms with E-state index in [2.05, 4.69) is 10.6 Å². The predicted octanol–water partition coefficient (Wildman–Crippen LogP) is 5.37. The van der Waals surface area contributed by atoms with Gasteiger partial charge in [0.15, 0.2) is 6.23 Å². The normalized spacial score (nSPS) is 15.7. The summed E-state index contributed by atoms with van der Waals surface area (Å²) in [6, 6.07) is 24.1. The van der Waals surface area contributed by atoms with E-state index >= 15 is 0 Å². The first-order valence-corrected chi connectivity index (χ1v) is 9.41. The van der Waals surface area contributed by atoms with Gasteiger partial charge in [-0.3, -0.25) is 10.1 Å². The van der Waals surface area contributed by atoms with Crippen molar-refractivity contribution in [3.8, 4) is 0 Å². The number of benzene rings is 3. The summed E-state index contributed by atoms with van der Waals surface area (Å²) in [5, 5.41) is 6.96. The van der Waals surface area contributed by atoms with Crippen molar-refractivity contribution in [2.24, 2.45) is 0 Å². The summed E-state index contributed by atoms with van der Waals surface area (Å²) in [7, 11) is 0. The van der Waals surface area contributed by atoms with Gasteiger partial charge < -0.3 is 10.1 Å². The van der Waals surface area contributed by atoms with Crippen molar-refractivity contribution in [2.75, 3.05) is 0 Å². The number of carbonyl (C=O) groups is 1. The number of halogens is 2. The van der Waals surface area contributed by atoms with Crippen LogP contribution in [0.3, 0.4) is 0 Å². The molecule has 4 nitrogen and oxygen atoms in total. The van der Waals surface area contributed by atoms with Crippen LogP contribution >= 0.6 is 23.2 Å². The fraction of sp³-hybridized carbons (Fsp3) is 0.0455. The lowest BCUT2D eigenvalue weighted by molar-refractivity contribution is 0.0851. The standard InChI is InChI=1S/C22H16Cl2N2O2/c23-17-11-16(12-18(24)13-17)20(27)26-22-19(14-7-3-1-4-8-14)25-21(28-22)15-9-5-2-6-10-15/h1-13,21,25H,(H,26,27). The molecule has 0 saturated carbocycles. The van der Waals surface area contributed by atoms with Crippen LogP contribution in [-0.2, 0) is 4.74 Å². The fourth-order valence-corrected chi connectivity index (χ4v) is 3.48. The highest BCUT2D eigenvalue weighted by atomic mass is 35.5. The number of ether oxygens (including phenoxy) is 1. The number of hydrogen-bond donors (Lipinski definition) is 2. The summed E-state index contributed by atoms with van der Waals surface area (Å²) in [6.07, 6.45) is -0.408. The lowest BCUT2D eigenvalue weighted by Gasteiger charge is -2.13. The van der Waals surface area contributed by atoms with Gasteiger partial charge in [0, 0.05) is 26.7 Å². The quantitative estimate of drug-likeness (QED) is 0.607. The Bertz CT molecular complexity index is 1020. The molecule has 2 N–H and O–H groups in total. The zero-order chi connectivity index (χ0) is 19.5. The van der Waals surface area contributed by atoms with Crippen molar-refractivity contribution in [1.82, 2.24) is 10.6 Å². The van der Waals surface area contributed by atoms with Crippen LogP contribution in [0.2, 0.25) is 10.0 Å². The maximum Gasteiger partial charge on any atom is 0.258 e. The van der Waals surface area contributed by atoms with E-state index in [4.69, 9.17) is 27.9 Å². The van der Waals surface area contributed by atoms with Gasteiger partial charge in [-0.05, 0) is 18.2 Å². The van der Waals surface area contributed by atoms with E-state index < -0.39 is 6.23 Å². The van der Waals surface area contributed by atoms with E-state index in [0.29, 0.717) is 27.2 Å². The van der Waals surface area contributed by atoms with Gasteiger partial charge in [-0.2, -0.15) is 0 Å². The number of hydrogen-bond acceptors (Lipinski definition) is 3. The van der Waals surface area contributed by atoms with E-state index in [1.54, 1.807) is 18.2 Å². The molecular formula is C22H16Cl2N2O2. The Kier molecular flexibility index (Phi) is 5.24. The maximum absolute atomic E-state index is 12.8. The maximum atomic E-state index is 12.8. The van der Waals surface area contributed by atoms with Crippen LogP contribution in [-0.4, -0.2) is 5.91 Å².